The zero-order valence-electron chi connectivity index (χ0n) is 10.9. The molecule has 0 amide bonds. The van der Waals surface area contributed by atoms with Crippen LogP contribution in [0.15, 0.2) is 30.3 Å². The van der Waals surface area contributed by atoms with Crippen molar-refractivity contribution in [1.29, 1.82) is 0 Å². The molecule has 0 saturated heterocycles. The highest BCUT2D eigenvalue weighted by Gasteiger charge is 2.04. The fraction of sp³-hybridized carbons (Fsp3) is 0.286. The summed E-state index contributed by atoms with van der Waals surface area (Å²) in [7, 11) is 1.55. The first kappa shape index (κ1) is 12.4. The Morgan fingerprint density at radius 1 is 1.17 bits per heavy atom. The molecule has 4 heteroatoms. The van der Waals surface area contributed by atoms with E-state index < -0.39 is 0 Å². The molecule has 0 bridgehead atoms. The maximum absolute atomic E-state index is 9.52. The van der Waals surface area contributed by atoms with Crippen LogP contribution in [0.4, 0.5) is 0 Å². The van der Waals surface area contributed by atoms with Crippen LogP contribution in [-0.4, -0.2) is 16.9 Å². The summed E-state index contributed by atoms with van der Waals surface area (Å²) in [5.41, 5.74) is 6.71. The fourth-order valence-electron chi connectivity index (χ4n) is 1.92. The molecule has 0 fully saturated rings. The molecule has 2 rings (SSSR count). The minimum absolute atomic E-state index is 0.162. The van der Waals surface area contributed by atoms with Crippen LogP contribution in [0.25, 0.3) is 0 Å². The largest absolute Gasteiger partial charge is 0.504 e. The van der Waals surface area contributed by atoms with E-state index in [4.69, 9.17) is 4.74 Å². The van der Waals surface area contributed by atoms with E-state index in [0.717, 1.165) is 5.56 Å². The molecule has 0 saturated carbocycles. The zero-order chi connectivity index (χ0) is 13.1. The average molecular weight is 246 g/mol. The van der Waals surface area contributed by atoms with Gasteiger partial charge in [0.2, 0.25) is 0 Å². The Labute approximate surface area is 107 Å². The standard InChI is InChI=1S/C14H18N2O2/c1-10-4-5-11(2)16(10)15-9-12-6-7-13(17)14(8-12)18-3/h4-8,15,17H,9H2,1-3H3. The van der Waals surface area contributed by atoms with E-state index in [1.54, 1.807) is 13.2 Å². The molecule has 18 heavy (non-hydrogen) atoms. The van der Waals surface area contributed by atoms with Crippen molar-refractivity contribution < 1.29 is 9.84 Å². The monoisotopic (exact) mass is 246 g/mol. The van der Waals surface area contributed by atoms with Crippen molar-refractivity contribution in [3.63, 3.8) is 0 Å². The van der Waals surface area contributed by atoms with Gasteiger partial charge in [-0.2, -0.15) is 0 Å². The summed E-state index contributed by atoms with van der Waals surface area (Å²) in [6.07, 6.45) is 0. The van der Waals surface area contributed by atoms with Crippen molar-refractivity contribution in [3.8, 4) is 11.5 Å². The van der Waals surface area contributed by atoms with Crippen molar-refractivity contribution in [1.82, 2.24) is 4.68 Å². The second-order valence-electron chi connectivity index (χ2n) is 4.29. The summed E-state index contributed by atoms with van der Waals surface area (Å²) < 4.78 is 7.13. The van der Waals surface area contributed by atoms with E-state index in [9.17, 15) is 5.11 Å². The summed E-state index contributed by atoms with van der Waals surface area (Å²) in [5, 5.41) is 9.52. The topological polar surface area (TPSA) is 46.4 Å². The zero-order valence-corrected chi connectivity index (χ0v) is 10.9. The molecule has 1 aromatic carbocycles. The number of ether oxygens (including phenoxy) is 1. The number of hydrogen-bond donors (Lipinski definition) is 2. The highest BCUT2D eigenvalue weighted by Crippen LogP contribution is 2.26. The second-order valence-corrected chi connectivity index (χ2v) is 4.29. The molecule has 1 heterocycles. The molecule has 0 aliphatic rings. The lowest BCUT2D eigenvalue weighted by molar-refractivity contribution is 0.373. The number of rotatable bonds is 4. The highest BCUT2D eigenvalue weighted by atomic mass is 16.5. The third kappa shape index (κ3) is 2.42. The van der Waals surface area contributed by atoms with Gasteiger partial charge in [-0.05, 0) is 43.7 Å². The van der Waals surface area contributed by atoms with Gasteiger partial charge < -0.3 is 15.3 Å². The van der Waals surface area contributed by atoms with Gasteiger partial charge in [-0.3, -0.25) is 4.68 Å². The van der Waals surface area contributed by atoms with E-state index in [0.29, 0.717) is 12.3 Å². The van der Waals surface area contributed by atoms with Crippen LogP contribution in [0, 0.1) is 13.8 Å². The van der Waals surface area contributed by atoms with Crippen molar-refractivity contribution in [2.45, 2.75) is 20.4 Å². The van der Waals surface area contributed by atoms with Crippen LogP contribution in [0.1, 0.15) is 17.0 Å². The molecule has 2 N–H and O–H groups in total. The summed E-state index contributed by atoms with van der Waals surface area (Å²) in [6, 6.07) is 9.49. The Balaban J connectivity index is 2.11. The van der Waals surface area contributed by atoms with Gasteiger partial charge in [-0.1, -0.05) is 6.07 Å². The Kier molecular flexibility index (Phi) is 3.46. The minimum Gasteiger partial charge on any atom is -0.504 e. The van der Waals surface area contributed by atoms with Crippen LogP contribution in [0.3, 0.4) is 0 Å². The molecular formula is C14H18N2O2. The first-order valence-electron chi connectivity index (χ1n) is 5.86. The van der Waals surface area contributed by atoms with Crippen LogP contribution in [0.5, 0.6) is 11.5 Å². The van der Waals surface area contributed by atoms with Crippen molar-refractivity contribution in [2.75, 3.05) is 12.5 Å². The molecule has 0 unspecified atom stereocenters. The maximum Gasteiger partial charge on any atom is 0.160 e. The Bertz CT molecular complexity index is 527. The summed E-state index contributed by atoms with van der Waals surface area (Å²) in [4.78, 5) is 0. The molecule has 1 aromatic heterocycles. The van der Waals surface area contributed by atoms with Gasteiger partial charge in [0.25, 0.3) is 0 Å². The first-order chi connectivity index (χ1) is 8.61. The molecular weight excluding hydrogens is 228 g/mol. The van der Waals surface area contributed by atoms with Gasteiger partial charge in [0.1, 0.15) is 0 Å². The number of aryl methyl sites for hydroxylation is 2. The number of phenolic OH excluding ortho intramolecular Hbond substituents is 1. The number of phenols is 1. The lowest BCUT2D eigenvalue weighted by Gasteiger charge is -2.13. The number of nitrogens with one attached hydrogen (secondary N) is 1. The third-order valence-corrected chi connectivity index (χ3v) is 2.96. The van der Waals surface area contributed by atoms with Gasteiger partial charge in [0.05, 0.1) is 13.7 Å². The molecule has 0 atom stereocenters. The number of benzene rings is 1. The van der Waals surface area contributed by atoms with Gasteiger partial charge in [-0.25, -0.2) is 0 Å². The number of aromatic hydroxyl groups is 1. The predicted octanol–water partition coefficient (Wildman–Crippen LogP) is 2.56. The van der Waals surface area contributed by atoms with E-state index in [1.165, 1.54) is 11.4 Å². The molecule has 4 nitrogen and oxygen atoms in total. The molecule has 0 radical (unpaired) electrons. The van der Waals surface area contributed by atoms with Crippen molar-refractivity contribution in [3.05, 3.63) is 47.3 Å². The van der Waals surface area contributed by atoms with Gasteiger partial charge in [0.15, 0.2) is 11.5 Å². The number of methoxy groups -OCH3 is 1. The van der Waals surface area contributed by atoms with Gasteiger partial charge >= 0.3 is 0 Å². The predicted molar refractivity (Wildman–Crippen MR) is 71.6 cm³/mol. The SMILES string of the molecule is COc1cc(CNn2c(C)ccc2C)ccc1O. The average Bonchev–Trinajstić information content (AvgIpc) is 2.68. The Hall–Kier alpha value is -2.10. The lowest BCUT2D eigenvalue weighted by Crippen LogP contribution is -2.16. The smallest absolute Gasteiger partial charge is 0.160 e. The summed E-state index contributed by atoms with van der Waals surface area (Å²) in [6.45, 7) is 4.78. The fourth-order valence-corrected chi connectivity index (χ4v) is 1.92. The molecule has 2 aromatic rings. The van der Waals surface area contributed by atoms with Crippen molar-refractivity contribution >= 4 is 0 Å². The molecule has 0 aliphatic carbocycles. The highest BCUT2D eigenvalue weighted by molar-refractivity contribution is 5.42. The summed E-state index contributed by atoms with van der Waals surface area (Å²) in [5.74, 6) is 0.657. The van der Waals surface area contributed by atoms with Crippen LogP contribution >= 0.6 is 0 Å². The quantitative estimate of drug-likeness (QED) is 0.871. The third-order valence-electron chi connectivity index (χ3n) is 2.96. The molecule has 0 spiro atoms. The number of hydrogen-bond acceptors (Lipinski definition) is 3. The Morgan fingerprint density at radius 2 is 1.83 bits per heavy atom. The van der Waals surface area contributed by atoms with Crippen LogP contribution in [0.2, 0.25) is 0 Å². The number of aromatic nitrogens is 1. The van der Waals surface area contributed by atoms with E-state index in [1.807, 2.05) is 16.8 Å². The number of nitrogens with zero attached hydrogens (tertiary/aromatic N) is 1. The molecule has 0 aliphatic heterocycles. The lowest BCUT2D eigenvalue weighted by atomic mass is 10.2. The first-order valence-corrected chi connectivity index (χ1v) is 5.86. The van der Waals surface area contributed by atoms with E-state index >= 15 is 0 Å². The van der Waals surface area contributed by atoms with E-state index in [-0.39, 0.29) is 5.75 Å². The van der Waals surface area contributed by atoms with Crippen molar-refractivity contribution in [2.24, 2.45) is 0 Å². The minimum atomic E-state index is 0.162. The van der Waals surface area contributed by atoms with Crippen LogP contribution in [-0.2, 0) is 6.54 Å². The summed E-state index contributed by atoms with van der Waals surface area (Å²) >= 11 is 0. The Morgan fingerprint density at radius 3 is 2.44 bits per heavy atom. The van der Waals surface area contributed by atoms with Gasteiger partial charge in [0, 0.05) is 11.4 Å². The van der Waals surface area contributed by atoms with Gasteiger partial charge in [-0.15, -0.1) is 0 Å². The maximum atomic E-state index is 9.52. The second kappa shape index (κ2) is 5.04. The normalized spacial score (nSPS) is 10.4. The molecule has 96 valence electrons. The van der Waals surface area contributed by atoms with E-state index in [2.05, 4.69) is 31.4 Å². The van der Waals surface area contributed by atoms with Crippen LogP contribution < -0.4 is 10.2 Å².